The van der Waals surface area contributed by atoms with E-state index < -0.39 is 28.5 Å². The number of carbonyl (C=O) groups excluding carboxylic acids is 2. The molecule has 3 aromatic rings. The van der Waals surface area contributed by atoms with E-state index in [4.69, 9.17) is 0 Å². The molecular weight excluding hydrogens is 474 g/mol. The number of nitrogens with zero attached hydrogens (tertiary/aromatic N) is 2. The molecule has 0 radical (unpaired) electrons. The highest BCUT2D eigenvalue weighted by Gasteiger charge is 2.32. The predicted molar refractivity (Wildman–Crippen MR) is 142 cm³/mol. The Morgan fingerprint density at radius 2 is 1.47 bits per heavy atom. The summed E-state index contributed by atoms with van der Waals surface area (Å²) in [6, 6.07) is 24.0. The van der Waals surface area contributed by atoms with Crippen molar-refractivity contribution >= 4 is 27.5 Å². The Morgan fingerprint density at radius 3 is 2.08 bits per heavy atom. The summed E-state index contributed by atoms with van der Waals surface area (Å²) >= 11 is 0. The van der Waals surface area contributed by atoms with Crippen LogP contribution in [0.15, 0.2) is 89.8 Å². The number of hydrogen-bond donors (Lipinski definition) is 1. The van der Waals surface area contributed by atoms with Gasteiger partial charge in [0.2, 0.25) is 11.8 Å². The van der Waals surface area contributed by atoms with Crippen molar-refractivity contribution in [2.45, 2.75) is 38.1 Å². The first kappa shape index (κ1) is 26.9. The van der Waals surface area contributed by atoms with E-state index in [0.717, 1.165) is 15.4 Å². The van der Waals surface area contributed by atoms with Gasteiger partial charge >= 0.3 is 0 Å². The summed E-state index contributed by atoms with van der Waals surface area (Å²) in [6.07, 6.45) is 0.534. The van der Waals surface area contributed by atoms with E-state index in [1.165, 1.54) is 17.0 Å². The summed E-state index contributed by atoms with van der Waals surface area (Å²) in [4.78, 5) is 28.0. The number of carbonyl (C=O) groups is 2. The van der Waals surface area contributed by atoms with Gasteiger partial charge in [-0.3, -0.25) is 13.9 Å². The molecule has 1 atom stereocenters. The summed E-state index contributed by atoms with van der Waals surface area (Å²) in [7, 11) is -4.04. The van der Waals surface area contributed by atoms with Crippen LogP contribution < -0.4 is 9.62 Å². The largest absolute Gasteiger partial charge is 0.355 e. The van der Waals surface area contributed by atoms with Gasteiger partial charge < -0.3 is 10.2 Å². The van der Waals surface area contributed by atoms with Crippen molar-refractivity contribution in [2.24, 2.45) is 0 Å². The standard InChI is InChI=1S/C28H33N3O4S/c1-4-29-28(33)23(3)30(20-19-24-14-7-5-8-15-24)27(32)21-31(26-18-12-11-13-22(26)2)36(34,35)25-16-9-6-10-17-25/h5-18,23H,4,19-21H2,1-3H3,(H,29,33)/t23-/m0/s1. The Labute approximate surface area is 213 Å². The highest BCUT2D eigenvalue weighted by molar-refractivity contribution is 7.92. The molecule has 0 heterocycles. The molecular formula is C28H33N3O4S. The lowest BCUT2D eigenvalue weighted by Gasteiger charge is -2.32. The van der Waals surface area contributed by atoms with Gasteiger partial charge in [-0.15, -0.1) is 0 Å². The number of likely N-dealkylation sites (N-methyl/N-ethyl adjacent to an activating group) is 1. The number of benzene rings is 3. The Bertz CT molecular complexity index is 1260. The van der Waals surface area contributed by atoms with Crippen molar-refractivity contribution in [2.75, 3.05) is 23.9 Å². The number of sulfonamides is 1. The number of anilines is 1. The zero-order valence-electron chi connectivity index (χ0n) is 20.9. The average Bonchev–Trinajstić information content (AvgIpc) is 2.89. The molecule has 0 fully saturated rings. The lowest BCUT2D eigenvalue weighted by molar-refractivity contribution is -0.138. The van der Waals surface area contributed by atoms with Crippen LogP contribution in [0, 0.1) is 6.92 Å². The second-order valence-electron chi connectivity index (χ2n) is 8.50. The number of amides is 2. The number of rotatable bonds is 11. The molecule has 3 aromatic carbocycles. The first-order valence-corrected chi connectivity index (χ1v) is 13.4. The zero-order valence-corrected chi connectivity index (χ0v) is 21.7. The molecule has 1 N–H and O–H groups in total. The van der Waals surface area contributed by atoms with Crippen LogP contribution in [-0.4, -0.2) is 50.8 Å². The molecule has 0 aliphatic heterocycles. The predicted octanol–water partition coefficient (Wildman–Crippen LogP) is 3.79. The smallest absolute Gasteiger partial charge is 0.264 e. The molecule has 0 saturated heterocycles. The number of nitrogens with one attached hydrogen (secondary N) is 1. The molecule has 7 nitrogen and oxygen atoms in total. The maximum absolute atomic E-state index is 13.7. The molecule has 0 aromatic heterocycles. The van der Waals surface area contributed by atoms with E-state index in [0.29, 0.717) is 18.7 Å². The van der Waals surface area contributed by atoms with Crippen molar-refractivity contribution in [1.29, 1.82) is 0 Å². The second kappa shape index (κ2) is 12.4. The minimum absolute atomic E-state index is 0.0914. The molecule has 3 rings (SSSR count). The highest BCUT2D eigenvalue weighted by Crippen LogP contribution is 2.27. The van der Waals surface area contributed by atoms with Gasteiger partial charge in [0.25, 0.3) is 10.0 Å². The molecule has 8 heteroatoms. The first-order chi connectivity index (χ1) is 17.3. The molecule has 0 unspecified atom stereocenters. The molecule has 2 amide bonds. The van der Waals surface area contributed by atoms with Crippen LogP contribution in [0.5, 0.6) is 0 Å². The highest BCUT2D eigenvalue weighted by atomic mass is 32.2. The Hall–Kier alpha value is -3.65. The lowest BCUT2D eigenvalue weighted by Crippen LogP contribution is -2.52. The Kier molecular flexibility index (Phi) is 9.25. The van der Waals surface area contributed by atoms with Gasteiger partial charge in [-0.05, 0) is 56.5 Å². The van der Waals surface area contributed by atoms with E-state index in [9.17, 15) is 18.0 Å². The van der Waals surface area contributed by atoms with E-state index in [1.807, 2.05) is 43.3 Å². The number of hydrogen-bond acceptors (Lipinski definition) is 4. The van der Waals surface area contributed by atoms with Gasteiger partial charge in [-0.25, -0.2) is 8.42 Å². The van der Waals surface area contributed by atoms with Gasteiger partial charge in [0, 0.05) is 13.1 Å². The maximum atomic E-state index is 13.7. The van der Waals surface area contributed by atoms with E-state index in [-0.39, 0.29) is 17.3 Å². The van der Waals surface area contributed by atoms with Crippen LogP contribution >= 0.6 is 0 Å². The Balaban J connectivity index is 1.97. The number of para-hydroxylation sites is 1. The molecule has 36 heavy (non-hydrogen) atoms. The Morgan fingerprint density at radius 1 is 0.889 bits per heavy atom. The fraction of sp³-hybridized carbons (Fsp3) is 0.286. The van der Waals surface area contributed by atoms with Crippen LogP contribution in [0.1, 0.15) is 25.0 Å². The summed E-state index contributed by atoms with van der Waals surface area (Å²) in [6.45, 7) is 5.55. The summed E-state index contributed by atoms with van der Waals surface area (Å²) in [5.41, 5.74) is 2.16. The van der Waals surface area contributed by atoms with Crippen molar-refractivity contribution in [3.63, 3.8) is 0 Å². The molecule has 0 aliphatic carbocycles. The molecule has 0 aliphatic rings. The van der Waals surface area contributed by atoms with Gasteiger partial charge in [0.15, 0.2) is 0 Å². The van der Waals surface area contributed by atoms with Crippen LogP contribution in [0.25, 0.3) is 0 Å². The first-order valence-electron chi connectivity index (χ1n) is 12.0. The van der Waals surface area contributed by atoms with E-state index in [2.05, 4.69) is 5.32 Å². The minimum atomic E-state index is -4.04. The monoisotopic (exact) mass is 507 g/mol. The second-order valence-corrected chi connectivity index (χ2v) is 10.4. The van der Waals surface area contributed by atoms with E-state index in [1.54, 1.807) is 50.2 Å². The molecule has 0 bridgehead atoms. The van der Waals surface area contributed by atoms with Gasteiger partial charge in [-0.1, -0.05) is 66.7 Å². The molecule has 0 saturated carbocycles. The van der Waals surface area contributed by atoms with Gasteiger partial charge in [0.05, 0.1) is 10.6 Å². The van der Waals surface area contributed by atoms with Crippen molar-refractivity contribution in [3.8, 4) is 0 Å². The summed E-state index contributed by atoms with van der Waals surface area (Å²) in [5.74, 6) is -0.736. The molecule has 0 spiro atoms. The lowest BCUT2D eigenvalue weighted by atomic mass is 10.1. The SMILES string of the molecule is CCNC(=O)[C@H](C)N(CCc1ccccc1)C(=O)CN(c1ccccc1C)S(=O)(=O)c1ccccc1. The summed E-state index contributed by atoms with van der Waals surface area (Å²) in [5, 5.41) is 2.76. The average molecular weight is 508 g/mol. The van der Waals surface area contributed by atoms with Crippen molar-refractivity contribution in [1.82, 2.24) is 10.2 Å². The van der Waals surface area contributed by atoms with Crippen LogP contribution in [0.3, 0.4) is 0 Å². The molecule has 190 valence electrons. The van der Waals surface area contributed by atoms with Crippen molar-refractivity contribution < 1.29 is 18.0 Å². The van der Waals surface area contributed by atoms with Crippen molar-refractivity contribution in [3.05, 3.63) is 96.1 Å². The van der Waals surface area contributed by atoms with Gasteiger partial charge in [0.1, 0.15) is 12.6 Å². The maximum Gasteiger partial charge on any atom is 0.264 e. The van der Waals surface area contributed by atoms with Crippen LogP contribution in [0.4, 0.5) is 5.69 Å². The zero-order chi connectivity index (χ0) is 26.1. The van der Waals surface area contributed by atoms with Crippen LogP contribution in [0.2, 0.25) is 0 Å². The van der Waals surface area contributed by atoms with E-state index >= 15 is 0 Å². The third-order valence-electron chi connectivity index (χ3n) is 6.00. The minimum Gasteiger partial charge on any atom is -0.355 e. The van der Waals surface area contributed by atoms with Crippen LogP contribution in [-0.2, 0) is 26.0 Å². The van der Waals surface area contributed by atoms with Gasteiger partial charge in [-0.2, -0.15) is 0 Å². The fourth-order valence-electron chi connectivity index (χ4n) is 3.97. The topological polar surface area (TPSA) is 86.8 Å². The summed E-state index contributed by atoms with van der Waals surface area (Å²) < 4.78 is 28.5. The quantitative estimate of drug-likeness (QED) is 0.428. The third kappa shape index (κ3) is 6.51. The normalized spacial score (nSPS) is 12.0. The fourth-order valence-corrected chi connectivity index (χ4v) is 5.47. The number of aryl methyl sites for hydroxylation is 1. The third-order valence-corrected chi connectivity index (χ3v) is 7.77.